The molecule has 0 aliphatic carbocycles. The van der Waals surface area contributed by atoms with Crippen molar-refractivity contribution in [2.75, 3.05) is 19.6 Å². The number of aliphatic hydroxyl groups is 1. The average Bonchev–Trinajstić information content (AvgIpc) is 2.81. The number of fused-ring (bicyclic) bond motifs is 1. The van der Waals surface area contributed by atoms with E-state index in [0.717, 1.165) is 41.8 Å². The molecule has 0 fully saturated rings. The minimum absolute atomic E-state index is 0.506. The molecular formula is C17H25NO2. The zero-order valence-electron chi connectivity index (χ0n) is 12.9. The summed E-state index contributed by atoms with van der Waals surface area (Å²) in [7, 11) is 0. The highest BCUT2D eigenvalue weighted by Crippen LogP contribution is 2.31. The van der Waals surface area contributed by atoms with E-state index in [4.69, 9.17) is 4.42 Å². The molecule has 0 saturated heterocycles. The van der Waals surface area contributed by atoms with Gasteiger partial charge in [-0.15, -0.1) is 0 Å². The fourth-order valence-electron chi connectivity index (χ4n) is 2.74. The van der Waals surface area contributed by atoms with Crippen molar-refractivity contribution in [3.63, 3.8) is 0 Å². The molecule has 0 bridgehead atoms. The molecule has 110 valence electrons. The first kappa shape index (κ1) is 15.1. The number of hydrogen-bond donors (Lipinski definition) is 1. The molecule has 1 atom stereocenters. The number of aryl methyl sites for hydroxylation is 2. The smallest absolute Gasteiger partial charge is 0.140 e. The van der Waals surface area contributed by atoms with E-state index in [1.807, 2.05) is 12.1 Å². The van der Waals surface area contributed by atoms with Crippen LogP contribution < -0.4 is 0 Å². The number of nitrogens with zero attached hydrogens (tertiary/aromatic N) is 1. The minimum atomic E-state index is -0.506. The van der Waals surface area contributed by atoms with Crippen molar-refractivity contribution in [1.82, 2.24) is 4.90 Å². The second-order valence-corrected chi connectivity index (χ2v) is 5.23. The summed E-state index contributed by atoms with van der Waals surface area (Å²) in [6.45, 7) is 10.9. The number of benzene rings is 1. The molecule has 1 heterocycles. The Kier molecular flexibility index (Phi) is 4.84. The molecule has 0 aliphatic heterocycles. The summed E-state index contributed by atoms with van der Waals surface area (Å²) in [6, 6.07) is 6.05. The molecule has 1 unspecified atom stereocenters. The molecule has 2 rings (SSSR count). The summed E-state index contributed by atoms with van der Waals surface area (Å²) in [6.07, 6.45) is 0.375. The van der Waals surface area contributed by atoms with E-state index in [9.17, 15) is 5.11 Å². The molecule has 20 heavy (non-hydrogen) atoms. The highest BCUT2D eigenvalue weighted by atomic mass is 16.3. The van der Waals surface area contributed by atoms with E-state index < -0.39 is 6.10 Å². The lowest BCUT2D eigenvalue weighted by Crippen LogP contribution is -2.28. The number of furan rings is 1. The van der Waals surface area contributed by atoms with Crippen LogP contribution in [0, 0.1) is 6.92 Å². The van der Waals surface area contributed by atoms with E-state index in [1.165, 1.54) is 5.56 Å². The van der Waals surface area contributed by atoms with Crippen molar-refractivity contribution >= 4 is 11.0 Å². The fraction of sp³-hybridized carbons (Fsp3) is 0.529. The van der Waals surface area contributed by atoms with Crippen molar-refractivity contribution < 1.29 is 9.52 Å². The maximum absolute atomic E-state index is 10.5. The van der Waals surface area contributed by atoms with E-state index in [2.05, 4.69) is 38.7 Å². The van der Waals surface area contributed by atoms with Crippen LogP contribution in [0.15, 0.2) is 22.6 Å². The first-order chi connectivity index (χ1) is 9.62. The number of para-hydroxylation sites is 1. The Balaban J connectivity index is 2.39. The van der Waals surface area contributed by atoms with Crippen LogP contribution in [0.3, 0.4) is 0 Å². The van der Waals surface area contributed by atoms with Crippen molar-refractivity contribution in [2.45, 2.75) is 40.2 Å². The fourth-order valence-corrected chi connectivity index (χ4v) is 2.74. The summed E-state index contributed by atoms with van der Waals surface area (Å²) < 4.78 is 5.97. The highest BCUT2D eigenvalue weighted by Gasteiger charge is 2.18. The normalized spacial score (nSPS) is 13.3. The van der Waals surface area contributed by atoms with Gasteiger partial charge in [0, 0.05) is 23.9 Å². The Bertz CT molecular complexity index is 570. The van der Waals surface area contributed by atoms with Crippen molar-refractivity contribution in [1.29, 1.82) is 0 Å². The molecule has 3 heteroatoms. The predicted octanol–water partition coefficient (Wildman–Crippen LogP) is 3.68. The number of likely N-dealkylation sites (N-methyl/N-ethyl adjacent to an activating group) is 1. The third kappa shape index (κ3) is 2.74. The second kappa shape index (κ2) is 6.42. The number of rotatable bonds is 6. The minimum Gasteiger partial charge on any atom is -0.460 e. The second-order valence-electron chi connectivity index (χ2n) is 5.23. The SMILES string of the molecule is CCc1oc2c(C(O)CN(CC)CC)cccc2c1C. The molecule has 0 saturated carbocycles. The van der Waals surface area contributed by atoms with Crippen molar-refractivity contribution in [3.8, 4) is 0 Å². The lowest BCUT2D eigenvalue weighted by Gasteiger charge is -2.22. The van der Waals surface area contributed by atoms with Gasteiger partial charge >= 0.3 is 0 Å². The van der Waals surface area contributed by atoms with Gasteiger partial charge in [-0.05, 0) is 25.6 Å². The predicted molar refractivity (Wildman–Crippen MR) is 83.1 cm³/mol. The Morgan fingerprint density at radius 1 is 1.20 bits per heavy atom. The van der Waals surface area contributed by atoms with Gasteiger partial charge in [-0.2, -0.15) is 0 Å². The van der Waals surface area contributed by atoms with Gasteiger partial charge in [0.2, 0.25) is 0 Å². The molecule has 1 aromatic heterocycles. The van der Waals surface area contributed by atoms with Crippen LogP contribution >= 0.6 is 0 Å². The molecule has 0 aliphatic rings. The van der Waals surface area contributed by atoms with Crippen molar-refractivity contribution in [3.05, 3.63) is 35.1 Å². The monoisotopic (exact) mass is 275 g/mol. The molecule has 0 spiro atoms. The summed E-state index contributed by atoms with van der Waals surface area (Å²) in [4.78, 5) is 2.22. The lowest BCUT2D eigenvalue weighted by molar-refractivity contribution is 0.119. The van der Waals surface area contributed by atoms with Gasteiger partial charge in [-0.3, -0.25) is 0 Å². The van der Waals surface area contributed by atoms with Crippen LogP contribution in [0.2, 0.25) is 0 Å². The van der Waals surface area contributed by atoms with Gasteiger partial charge in [0.25, 0.3) is 0 Å². The molecular weight excluding hydrogens is 250 g/mol. The van der Waals surface area contributed by atoms with Gasteiger partial charge in [0.05, 0.1) is 6.10 Å². The maximum atomic E-state index is 10.5. The molecule has 0 amide bonds. The zero-order chi connectivity index (χ0) is 14.7. The van der Waals surface area contributed by atoms with Crippen LogP contribution in [0.5, 0.6) is 0 Å². The summed E-state index contributed by atoms with van der Waals surface area (Å²) in [5, 5.41) is 11.6. The molecule has 1 N–H and O–H groups in total. The number of hydrogen-bond acceptors (Lipinski definition) is 3. The Morgan fingerprint density at radius 2 is 1.90 bits per heavy atom. The summed E-state index contributed by atoms with van der Waals surface area (Å²) in [5.74, 6) is 1.02. The van der Waals surface area contributed by atoms with Crippen LogP contribution in [0.1, 0.15) is 43.8 Å². The summed E-state index contributed by atoms with van der Waals surface area (Å²) in [5.41, 5.74) is 2.94. The van der Waals surface area contributed by atoms with Crippen LogP contribution in [-0.4, -0.2) is 29.6 Å². The third-order valence-electron chi connectivity index (χ3n) is 4.10. The van der Waals surface area contributed by atoms with E-state index in [0.29, 0.717) is 6.54 Å². The van der Waals surface area contributed by atoms with Gasteiger partial charge in [0.15, 0.2) is 0 Å². The van der Waals surface area contributed by atoms with E-state index >= 15 is 0 Å². The lowest BCUT2D eigenvalue weighted by atomic mass is 10.0. The number of aliphatic hydroxyl groups excluding tert-OH is 1. The van der Waals surface area contributed by atoms with Gasteiger partial charge in [0.1, 0.15) is 11.3 Å². The maximum Gasteiger partial charge on any atom is 0.140 e. The quantitative estimate of drug-likeness (QED) is 0.873. The standard InChI is InChI=1S/C17H25NO2/c1-5-16-12(4)13-9-8-10-14(17(13)20-16)15(19)11-18(6-2)7-3/h8-10,15,19H,5-7,11H2,1-4H3. The molecule has 3 nitrogen and oxygen atoms in total. The highest BCUT2D eigenvalue weighted by molar-refractivity contribution is 5.85. The molecule has 0 radical (unpaired) electrons. The van der Waals surface area contributed by atoms with Crippen LogP contribution in [0.25, 0.3) is 11.0 Å². The van der Waals surface area contributed by atoms with Crippen LogP contribution in [0.4, 0.5) is 0 Å². The Hall–Kier alpha value is -1.32. The molecule has 1 aromatic carbocycles. The largest absolute Gasteiger partial charge is 0.460 e. The zero-order valence-corrected chi connectivity index (χ0v) is 12.9. The first-order valence-corrected chi connectivity index (χ1v) is 7.53. The van der Waals surface area contributed by atoms with E-state index in [1.54, 1.807) is 0 Å². The van der Waals surface area contributed by atoms with Crippen LogP contribution in [-0.2, 0) is 6.42 Å². The van der Waals surface area contributed by atoms with E-state index in [-0.39, 0.29) is 0 Å². The molecule has 2 aromatic rings. The summed E-state index contributed by atoms with van der Waals surface area (Å²) >= 11 is 0. The Morgan fingerprint density at radius 3 is 2.50 bits per heavy atom. The van der Waals surface area contributed by atoms with Gasteiger partial charge < -0.3 is 14.4 Å². The average molecular weight is 275 g/mol. The van der Waals surface area contributed by atoms with Gasteiger partial charge in [-0.1, -0.05) is 39.0 Å². The third-order valence-corrected chi connectivity index (χ3v) is 4.10. The topological polar surface area (TPSA) is 36.6 Å². The first-order valence-electron chi connectivity index (χ1n) is 7.53. The Labute approximate surface area is 121 Å². The van der Waals surface area contributed by atoms with Gasteiger partial charge in [-0.25, -0.2) is 0 Å². The van der Waals surface area contributed by atoms with Crippen molar-refractivity contribution in [2.24, 2.45) is 0 Å².